The topological polar surface area (TPSA) is 79.5 Å². The molecule has 6 heteroatoms. The number of nitrogens with zero attached hydrogens (tertiary/aromatic N) is 1. The van der Waals surface area contributed by atoms with Crippen molar-refractivity contribution in [2.24, 2.45) is 5.92 Å². The van der Waals surface area contributed by atoms with Crippen LogP contribution in [-0.4, -0.2) is 40.3 Å². The van der Waals surface area contributed by atoms with Gasteiger partial charge in [0.1, 0.15) is 6.61 Å². The van der Waals surface area contributed by atoms with Crippen LogP contribution in [0.15, 0.2) is 42.0 Å². The number of carbonyl (C=O) groups excluding carboxylic acids is 3. The number of esters is 1. The monoisotopic (exact) mass is 368 g/mol. The number of benzene rings is 1. The van der Waals surface area contributed by atoms with E-state index in [1.165, 1.54) is 17.9 Å². The summed E-state index contributed by atoms with van der Waals surface area (Å²) in [4.78, 5) is 40.9. The molecule has 1 N–H and O–H groups in total. The predicted molar refractivity (Wildman–Crippen MR) is 102 cm³/mol. The van der Waals surface area contributed by atoms with Gasteiger partial charge < -0.3 is 9.72 Å². The Bertz CT molecular complexity index is 877. The Morgan fingerprint density at radius 2 is 1.96 bits per heavy atom. The first kappa shape index (κ1) is 18.9. The second kappa shape index (κ2) is 7.78. The summed E-state index contributed by atoms with van der Waals surface area (Å²) >= 11 is 0. The van der Waals surface area contributed by atoms with Crippen molar-refractivity contribution in [3.05, 3.63) is 47.7 Å². The van der Waals surface area contributed by atoms with Gasteiger partial charge >= 0.3 is 5.97 Å². The van der Waals surface area contributed by atoms with E-state index in [4.69, 9.17) is 4.74 Å². The zero-order valence-electron chi connectivity index (χ0n) is 15.8. The summed E-state index contributed by atoms with van der Waals surface area (Å²) in [5.41, 5.74) is 2.24. The number of imide groups is 1. The quantitative estimate of drug-likeness (QED) is 0.602. The van der Waals surface area contributed by atoms with Crippen molar-refractivity contribution in [1.29, 1.82) is 0 Å². The van der Waals surface area contributed by atoms with Gasteiger partial charge in [-0.2, -0.15) is 0 Å². The highest BCUT2D eigenvalue weighted by atomic mass is 16.5. The molecule has 0 fully saturated rings. The summed E-state index contributed by atoms with van der Waals surface area (Å²) in [6.07, 6.45) is 2.53. The zero-order chi connectivity index (χ0) is 19.6. The number of para-hydroxylation sites is 1. The van der Waals surface area contributed by atoms with Gasteiger partial charge in [-0.1, -0.05) is 32.0 Å². The average molecular weight is 368 g/mol. The molecule has 6 nitrogen and oxygen atoms in total. The summed E-state index contributed by atoms with van der Waals surface area (Å²) in [5.74, 6) is -0.879. The molecule has 2 aromatic rings. The van der Waals surface area contributed by atoms with Crippen LogP contribution in [0.4, 0.5) is 0 Å². The summed E-state index contributed by atoms with van der Waals surface area (Å²) in [5, 5.41) is 1.10. The minimum absolute atomic E-state index is 0.169. The predicted octanol–water partition coefficient (Wildman–Crippen LogP) is 2.98. The molecule has 1 unspecified atom stereocenters. The molecule has 0 radical (unpaired) electrons. The van der Waals surface area contributed by atoms with E-state index < -0.39 is 5.97 Å². The van der Waals surface area contributed by atoms with Gasteiger partial charge in [-0.05, 0) is 29.9 Å². The van der Waals surface area contributed by atoms with Gasteiger partial charge in [0, 0.05) is 36.7 Å². The van der Waals surface area contributed by atoms with E-state index >= 15 is 0 Å². The molecule has 0 spiro atoms. The number of rotatable bonds is 7. The first-order valence-corrected chi connectivity index (χ1v) is 9.13. The van der Waals surface area contributed by atoms with Crippen LogP contribution in [-0.2, 0) is 25.5 Å². The van der Waals surface area contributed by atoms with E-state index in [1.807, 2.05) is 24.3 Å². The van der Waals surface area contributed by atoms with E-state index in [9.17, 15) is 14.4 Å². The Morgan fingerprint density at radius 1 is 1.22 bits per heavy atom. The van der Waals surface area contributed by atoms with E-state index in [2.05, 4.69) is 24.9 Å². The summed E-state index contributed by atoms with van der Waals surface area (Å²) in [6, 6.07) is 9.76. The number of fused-ring (bicyclic) bond motifs is 1. The molecule has 0 aliphatic carbocycles. The van der Waals surface area contributed by atoms with Gasteiger partial charge in [-0.15, -0.1) is 0 Å². The molecular weight excluding hydrogens is 344 g/mol. The maximum Gasteiger partial charge on any atom is 0.302 e. The Hall–Kier alpha value is -2.89. The van der Waals surface area contributed by atoms with Crippen LogP contribution in [0.1, 0.15) is 32.9 Å². The van der Waals surface area contributed by atoms with Crippen LogP contribution < -0.4 is 0 Å². The Labute approximate surface area is 158 Å². The van der Waals surface area contributed by atoms with Crippen LogP contribution in [0.2, 0.25) is 0 Å². The molecule has 1 aliphatic rings. The van der Waals surface area contributed by atoms with Crippen molar-refractivity contribution in [3.63, 3.8) is 0 Å². The molecule has 1 aliphatic heterocycles. The van der Waals surface area contributed by atoms with Crippen LogP contribution in [0.5, 0.6) is 0 Å². The maximum absolute atomic E-state index is 12.7. The molecule has 2 amide bonds. The molecule has 0 saturated heterocycles. The fourth-order valence-corrected chi connectivity index (χ4v) is 3.49. The van der Waals surface area contributed by atoms with E-state index in [1.54, 1.807) is 0 Å². The van der Waals surface area contributed by atoms with Crippen molar-refractivity contribution in [2.75, 3.05) is 6.61 Å². The molecule has 2 heterocycles. The first-order valence-electron chi connectivity index (χ1n) is 9.13. The van der Waals surface area contributed by atoms with Gasteiger partial charge in [0.15, 0.2) is 0 Å². The van der Waals surface area contributed by atoms with Crippen molar-refractivity contribution < 1.29 is 19.1 Å². The second-order valence-electron chi connectivity index (χ2n) is 7.33. The van der Waals surface area contributed by atoms with Crippen molar-refractivity contribution >= 4 is 28.7 Å². The molecule has 0 saturated carbocycles. The van der Waals surface area contributed by atoms with Crippen molar-refractivity contribution in [1.82, 2.24) is 9.88 Å². The number of nitrogens with one attached hydrogen (secondary N) is 1. The van der Waals surface area contributed by atoms with Crippen LogP contribution >= 0.6 is 0 Å². The van der Waals surface area contributed by atoms with Crippen molar-refractivity contribution in [3.8, 4) is 0 Å². The number of aromatic nitrogens is 1. The van der Waals surface area contributed by atoms with Gasteiger partial charge in [-0.3, -0.25) is 19.3 Å². The molecule has 1 aromatic carbocycles. The highest BCUT2D eigenvalue weighted by Crippen LogP contribution is 2.25. The summed E-state index contributed by atoms with van der Waals surface area (Å²) in [6.45, 7) is 5.24. The van der Waals surface area contributed by atoms with Gasteiger partial charge in [0.05, 0.1) is 5.57 Å². The summed E-state index contributed by atoms with van der Waals surface area (Å²) < 4.78 is 4.90. The normalized spacial score (nSPS) is 15.6. The van der Waals surface area contributed by atoms with Gasteiger partial charge in [0.2, 0.25) is 0 Å². The third kappa shape index (κ3) is 4.27. The maximum atomic E-state index is 12.7. The van der Waals surface area contributed by atoms with E-state index in [-0.39, 0.29) is 30.0 Å². The minimum Gasteiger partial charge on any atom is -0.461 e. The average Bonchev–Trinajstić information content (AvgIpc) is 3.11. The lowest BCUT2D eigenvalue weighted by Crippen LogP contribution is -2.43. The minimum atomic E-state index is -0.480. The molecule has 3 rings (SSSR count). The van der Waals surface area contributed by atoms with Gasteiger partial charge in [-0.25, -0.2) is 0 Å². The van der Waals surface area contributed by atoms with Crippen LogP contribution in [0, 0.1) is 5.92 Å². The molecule has 27 heavy (non-hydrogen) atoms. The standard InChI is InChI=1S/C21H24N2O4/c1-13(2)8-18(11-17-9-15-6-4-5-7-19(15)22-17)23-20(25)10-16(21(23)26)12-27-14(3)24/h4-7,9-10,13,18,22H,8,11-12H2,1-3H3. The fourth-order valence-electron chi connectivity index (χ4n) is 3.49. The van der Waals surface area contributed by atoms with E-state index in [0.29, 0.717) is 18.8 Å². The molecule has 1 atom stereocenters. The number of ether oxygens (including phenoxy) is 1. The largest absolute Gasteiger partial charge is 0.461 e. The number of hydrogen-bond acceptors (Lipinski definition) is 4. The smallest absolute Gasteiger partial charge is 0.302 e. The third-order valence-corrected chi connectivity index (χ3v) is 4.61. The number of carbonyl (C=O) groups is 3. The van der Waals surface area contributed by atoms with E-state index in [0.717, 1.165) is 16.6 Å². The van der Waals surface area contributed by atoms with Gasteiger partial charge in [0.25, 0.3) is 11.8 Å². The molecular formula is C21H24N2O4. The SMILES string of the molecule is CC(=O)OCC1=CC(=O)N(C(Cc2cc3ccccc3[nH]2)CC(C)C)C1=O. The number of amides is 2. The lowest BCUT2D eigenvalue weighted by atomic mass is 9.98. The van der Waals surface area contributed by atoms with Crippen LogP contribution in [0.25, 0.3) is 10.9 Å². The molecule has 142 valence electrons. The fraction of sp³-hybridized carbons (Fsp3) is 0.381. The molecule has 1 aromatic heterocycles. The third-order valence-electron chi connectivity index (χ3n) is 4.61. The zero-order valence-corrected chi connectivity index (χ0v) is 15.8. The first-order chi connectivity index (χ1) is 12.8. The number of H-pyrrole nitrogens is 1. The van der Waals surface area contributed by atoms with Crippen molar-refractivity contribution in [2.45, 2.75) is 39.7 Å². The molecule has 0 bridgehead atoms. The Morgan fingerprint density at radius 3 is 2.63 bits per heavy atom. The lowest BCUT2D eigenvalue weighted by molar-refractivity contribution is -0.141. The number of aromatic amines is 1. The van der Waals surface area contributed by atoms with Crippen LogP contribution in [0.3, 0.4) is 0 Å². The summed E-state index contributed by atoms with van der Waals surface area (Å²) in [7, 11) is 0. The Kier molecular flexibility index (Phi) is 5.44. The Balaban J connectivity index is 1.81. The second-order valence-corrected chi connectivity index (χ2v) is 7.33. The highest BCUT2D eigenvalue weighted by molar-refractivity contribution is 6.16. The number of hydrogen-bond donors (Lipinski definition) is 1. The lowest BCUT2D eigenvalue weighted by Gasteiger charge is -2.28. The highest BCUT2D eigenvalue weighted by Gasteiger charge is 2.37.